The maximum atomic E-state index is 12.0. The van der Waals surface area contributed by atoms with E-state index < -0.39 is 10.5 Å². The summed E-state index contributed by atoms with van der Waals surface area (Å²) in [6.45, 7) is 4.24. The second kappa shape index (κ2) is 23.1. The molecule has 0 aromatic carbocycles. The molecule has 2 fully saturated rings. The molecule has 2 aliphatic rings. The summed E-state index contributed by atoms with van der Waals surface area (Å²) in [4.78, 5) is 52.5. The number of carbonyl (C=O) groups excluding carboxylic acids is 4. The van der Waals surface area contributed by atoms with Crippen molar-refractivity contribution in [2.45, 2.75) is 27.7 Å². The number of fused-ring (bicyclic) bond motifs is 2. The normalized spacial score (nSPS) is 11.9. The Morgan fingerprint density at radius 1 is 0.860 bits per heavy atom. The molecule has 232 valence electrons. The molecule has 43 heavy (non-hydrogen) atoms. The molecule has 2 saturated heterocycles. The number of hydrogen-bond acceptors (Lipinski definition) is 10. The van der Waals surface area contributed by atoms with Crippen LogP contribution in [-0.4, -0.2) is 69.2 Å². The molecule has 0 aliphatic carbocycles. The van der Waals surface area contributed by atoms with Crippen LogP contribution in [-0.2, 0) is 14.4 Å². The number of rotatable bonds is 3. The summed E-state index contributed by atoms with van der Waals surface area (Å²) in [6.07, 6.45) is 7.59. The molecule has 0 unspecified atom stereocenters. The molecule has 1 amide bonds. The Hall–Kier alpha value is -1.33. The Kier molecular flexibility index (Phi) is 24.7. The molecule has 17 heteroatoms. The number of thiophene rings is 2. The van der Waals surface area contributed by atoms with Gasteiger partial charge in [0.1, 0.15) is 0 Å². The van der Waals surface area contributed by atoms with Crippen LogP contribution in [0.3, 0.4) is 0 Å². The first-order valence-corrected chi connectivity index (χ1v) is 14.2. The maximum Gasteiger partial charge on any atom is 1.00 e. The number of halogens is 5. The molecule has 4 aromatic heterocycles. The average molecular weight is 726 g/mol. The summed E-state index contributed by atoms with van der Waals surface area (Å²) in [6, 6.07) is 6.96. The molecule has 0 atom stereocenters. The average Bonchev–Trinajstić information content (AvgIpc) is 3.43. The van der Waals surface area contributed by atoms with Crippen molar-refractivity contribution in [1.82, 2.24) is 20.2 Å². The fraction of sp³-hybridized carbons (Fsp3) is 0.308. The van der Waals surface area contributed by atoms with Crippen molar-refractivity contribution in [2.75, 3.05) is 26.2 Å². The second-order valence-electron chi connectivity index (χ2n) is 7.63. The largest absolute Gasteiger partial charge is 1.00 e. The Morgan fingerprint density at radius 2 is 1.30 bits per heavy atom. The molecule has 0 radical (unpaired) electrons. The van der Waals surface area contributed by atoms with Gasteiger partial charge in [-0.1, -0.05) is 42.9 Å². The van der Waals surface area contributed by atoms with Crippen LogP contribution in [0.2, 0.25) is 10.0 Å². The van der Waals surface area contributed by atoms with E-state index in [1.165, 1.54) is 42.2 Å². The number of hydrogen-bond donors (Lipinski definition) is 1. The molecule has 0 spiro atoms. The minimum Gasteiger partial charge on any atom is -0.870 e. The van der Waals surface area contributed by atoms with Gasteiger partial charge in [0.15, 0.2) is 0 Å². The van der Waals surface area contributed by atoms with Crippen LogP contribution in [0.4, 0.5) is 0 Å². The molecule has 0 bridgehead atoms. The first-order chi connectivity index (χ1) is 18.2. The maximum absolute atomic E-state index is 12.0. The molecule has 4 aromatic rings. The Labute approximate surface area is 296 Å². The zero-order valence-electron chi connectivity index (χ0n) is 21.4. The summed E-state index contributed by atoms with van der Waals surface area (Å²) in [7, 11) is 0. The summed E-state index contributed by atoms with van der Waals surface area (Å²) in [5.41, 5.74) is 1.56. The zero-order chi connectivity index (χ0) is 27.7. The quantitative estimate of drug-likeness (QED) is 0.143. The van der Waals surface area contributed by atoms with Gasteiger partial charge in [-0.05, 0) is 67.3 Å². The van der Waals surface area contributed by atoms with E-state index >= 15 is 0 Å². The van der Waals surface area contributed by atoms with Gasteiger partial charge in [0.05, 0.1) is 29.8 Å². The van der Waals surface area contributed by atoms with Crippen molar-refractivity contribution >= 4 is 125 Å². The van der Waals surface area contributed by atoms with E-state index in [0.29, 0.717) is 14.9 Å². The van der Waals surface area contributed by atoms with Crippen molar-refractivity contribution in [2.24, 2.45) is 0 Å². The van der Waals surface area contributed by atoms with E-state index in [0.717, 1.165) is 44.8 Å². The van der Waals surface area contributed by atoms with Gasteiger partial charge in [0.2, 0.25) is 0 Å². The van der Waals surface area contributed by atoms with Gasteiger partial charge in [-0.3, -0.25) is 24.4 Å². The fourth-order valence-corrected chi connectivity index (χ4v) is 5.16. The predicted molar refractivity (Wildman–Crippen MR) is 176 cm³/mol. The van der Waals surface area contributed by atoms with Gasteiger partial charge in [-0.25, -0.2) is 0 Å². The summed E-state index contributed by atoms with van der Waals surface area (Å²) in [5.74, 6) is 0.102. The van der Waals surface area contributed by atoms with Gasteiger partial charge in [0.25, 0.3) is 5.91 Å². The third kappa shape index (κ3) is 13.7. The van der Waals surface area contributed by atoms with E-state index in [-0.39, 0.29) is 57.5 Å². The standard InChI is InChI=1S/C11H9ClN2OS.C8H3ClNOS.C3H7N.C2Cl2O2.2CH4.ClH.Li.H2O/c12-7-2-3-13-8-6-9(16-10(7)8)11(15)14-4-1-5-14;9-6-1-2-10-7-3-5(4-11)12-8(6)7;1-2-4-3-1;3-1(5)2(4)6;;;;;/h2-3,6H,1,4-5H2;1-3H;4H,1-3H2;;2*1H4;1H;;1H2/q;-1;;;;;;+1;/p-1. The van der Waals surface area contributed by atoms with E-state index in [4.69, 9.17) is 23.2 Å². The summed E-state index contributed by atoms with van der Waals surface area (Å²) < 4.78 is 1.74. The molecule has 2 aliphatic heterocycles. The topological polar surface area (TPSA) is 139 Å². The van der Waals surface area contributed by atoms with Crippen LogP contribution < -0.4 is 24.2 Å². The minimum absolute atomic E-state index is 0. The van der Waals surface area contributed by atoms with Crippen LogP contribution in [0.25, 0.3) is 20.4 Å². The minimum atomic E-state index is -1.14. The Bertz CT molecular complexity index is 1450. The molecule has 9 nitrogen and oxygen atoms in total. The van der Waals surface area contributed by atoms with Crippen molar-refractivity contribution in [3.05, 3.63) is 56.5 Å². The van der Waals surface area contributed by atoms with Gasteiger partial charge < -0.3 is 20.5 Å². The molecular weight excluding hydrogens is 697 g/mol. The van der Waals surface area contributed by atoms with Gasteiger partial charge in [0, 0.05) is 37.3 Å². The third-order valence-corrected chi connectivity index (χ3v) is 8.54. The molecular formula is C26H29Cl5LiN4O5S2-. The number of pyridine rings is 2. The van der Waals surface area contributed by atoms with Crippen molar-refractivity contribution < 1.29 is 43.5 Å². The van der Waals surface area contributed by atoms with Gasteiger partial charge in [-0.15, -0.1) is 23.7 Å². The molecule has 6 rings (SSSR count). The van der Waals surface area contributed by atoms with Crippen molar-refractivity contribution in [1.29, 1.82) is 0 Å². The number of aromatic nitrogens is 2. The van der Waals surface area contributed by atoms with E-state index in [9.17, 15) is 19.2 Å². The first-order valence-electron chi connectivity index (χ1n) is 11.1. The second-order valence-corrected chi connectivity index (χ2v) is 11.2. The van der Waals surface area contributed by atoms with Crippen LogP contribution in [0.1, 0.15) is 42.2 Å². The number of nitrogens with zero attached hydrogens (tertiary/aromatic N) is 3. The fourth-order valence-electron chi connectivity index (χ4n) is 2.82. The summed E-state index contributed by atoms with van der Waals surface area (Å²) in [5, 5.41) is 2.12. The zero-order valence-corrected chi connectivity index (χ0v) is 26.8. The van der Waals surface area contributed by atoms with Crippen molar-refractivity contribution in [3.63, 3.8) is 0 Å². The van der Waals surface area contributed by atoms with Crippen LogP contribution in [0.5, 0.6) is 0 Å². The monoisotopic (exact) mass is 723 g/mol. The molecule has 2 N–H and O–H groups in total. The predicted octanol–water partition coefficient (Wildman–Crippen LogP) is 4.22. The van der Waals surface area contributed by atoms with Crippen LogP contribution >= 0.6 is 81.5 Å². The van der Waals surface area contributed by atoms with Crippen LogP contribution in [0.15, 0.2) is 36.7 Å². The Morgan fingerprint density at radius 3 is 1.63 bits per heavy atom. The molecule has 6 heterocycles. The van der Waals surface area contributed by atoms with Crippen LogP contribution in [0, 0.1) is 0 Å². The number of nitrogens with one attached hydrogen (secondary N) is 1. The van der Waals surface area contributed by atoms with Crippen molar-refractivity contribution in [3.8, 4) is 0 Å². The summed E-state index contributed by atoms with van der Waals surface area (Å²) >= 11 is 23.6. The number of likely N-dealkylation sites (tertiary alicyclic amines) is 1. The first kappa shape index (κ1) is 46.1. The van der Waals surface area contributed by atoms with Gasteiger partial charge in [-0.2, -0.15) is 17.4 Å². The smallest absolute Gasteiger partial charge is 0.870 e. The number of carbonyl (C=O) groups is 3. The van der Waals surface area contributed by atoms with Gasteiger partial charge >= 0.3 is 29.3 Å². The SMILES string of the molecule is C.C.C1CNC1.Cl.O=C(Cl)C(=O)Cl.O=C(c1cc2nccc(Cl)c2s1)N1CCC1.O=[C-]c1cc2nccc(Cl)c2s1.[Li+].[OH-]. The number of amides is 1. The van der Waals surface area contributed by atoms with E-state index in [2.05, 4.69) is 38.5 Å². The van der Waals surface area contributed by atoms with E-state index in [1.54, 1.807) is 30.6 Å². The Balaban J connectivity index is -0.000000529. The third-order valence-electron chi connectivity index (χ3n) is 5.04. The molecule has 0 saturated carbocycles. The van der Waals surface area contributed by atoms with E-state index in [1.807, 2.05) is 17.3 Å².